The van der Waals surface area contributed by atoms with Crippen LogP contribution in [0.4, 0.5) is 9.93 Å². The van der Waals surface area contributed by atoms with Crippen LogP contribution in [0.3, 0.4) is 0 Å². The van der Waals surface area contributed by atoms with Crippen molar-refractivity contribution in [2.45, 2.75) is 0 Å². The summed E-state index contributed by atoms with van der Waals surface area (Å²) >= 11 is 2.67. The summed E-state index contributed by atoms with van der Waals surface area (Å²) in [5.74, 6) is 0.600. The van der Waals surface area contributed by atoms with E-state index in [2.05, 4.69) is 11.6 Å². The number of thiazole rings is 1. The minimum absolute atomic E-state index is 0.0361. The molecule has 2 aromatic rings. The number of aromatic nitrogens is 1. The zero-order valence-corrected chi connectivity index (χ0v) is 14.7. The Morgan fingerprint density at radius 2 is 2.17 bits per heavy atom. The van der Waals surface area contributed by atoms with Crippen molar-refractivity contribution in [3.05, 3.63) is 48.4 Å². The van der Waals surface area contributed by atoms with E-state index >= 15 is 0 Å². The van der Waals surface area contributed by atoms with Gasteiger partial charge in [0.2, 0.25) is 5.91 Å². The lowest BCUT2D eigenvalue weighted by Gasteiger charge is -2.21. The van der Waals surface area contributed by atoms with Crippen LogP contribution < -0.4 is 4.90 Å². The topological polar surface area (TPSA) is 53.5 Å². The summed E-state index contributed by atoms with van der Waals surface area (Å²) in [6.07, 6.45) is 1.67. The summed E-state index contributed by atoms with van der Waals surface area (Å²) < 4.78 is 0. The summed E-state index contributed by atoms with van der Waals surface area (Å²) in [6, 6.07) is 9.84. The third-order valence-corrected chi connectivity index (χ3v) is 5.33. The van der Waals surface area contributed by atoms with Crippen LogP contribution in [0.25, 0.3) is 11.3 Å². The van der Waals surface area contributed by atoms with E-state index in [1.165, 1.54) is 23.1 Å². The zero-order chi connectivity index (χ0) is 16.9. The van der Waals surface area contributed by atoms with Gasteiger partial charge in [-0.05, 0) is 0 Å². The maximum Gasteiger partial charge on any atom is 0.282 e. The molecule has 1 aliphatic heterocycles. The van der Waals surface area contributed by atoms with Crippen LogP contribution in [-0.4, -0.2) is 46.4 Å². The molecule has 1 aliphatic rings. The van der Waals surface area contributed by atoms with Gasteiger partial charge in [0.05, 0.1) is 5.69 Å². The number of carbonyl (C=O) groups is 2. The molecule has 5 nitrogen and oxygen atoms in total. The largest absolute Gasteiger partial charge is 0.323 e. The van der Waals surface area contributed by atoms with E-state index in [0.717, 1.165) is 17.0 Å². The Morgan fingerprint density at radius 3 is 2.83 bits per heavy atom. The molecule has 0 N–H and O–H groups in total. The SMILES string of the molecule is C=CCN(C(=O)CN1CCSC1=O)c1nc(-c2ccccc2)cs1. The molecular weight excluding hydrogens is 342 g/mol. The number of anilines is 1. The first-order chi connectivity index (χ1) is 11.7. The molecule has 0 atom stereocenters. The summed E-state index contributed by atoms with van der Waals surface area (Å²) in [6.45, 7) is 4.79. The maximum absolute atomic E-state index is 12.6. The molecule has 0 unspecified atom stereocenters. The molecule has 0 radical (unpaired) electrons. The van der Waals surface area contributed by atoms with Gasteiger partial charge in [0.25, 0.3) is 5.24 Å². The normalized spacial score (nSPS) is 14.0. The fraction of sp³-hybridized carbons (Fsp3) is 0.235. The fourth-order valence-electron chi connectivity index (χ4n) is 2.36. The Labute approximate surface area is 149 Å². The van der Waals surface area contributed by atoms with Crippen molar-refractivity contribution in [2.24, 2.45) is 0 Å². The lowest BCUT2D eigenvalue weighted by atomic mass is 10.2. The molecule has 1 fully saturated rings. The second kappa shape index (κ2) is 7.63. The van der Waals surface area contributed by atoms with E-state index in [1.807, 2.05) is 35.7 Å². The molecule has 0 saturated carbocycles. The van der Waals surface area contributed by atoms with Gasteiger partial charge in [-0.2, -0.15) is 0 Å². The summed E-state index contributed by atoms with van der Waals surface area (Å²) in [5, 5.41) is 2.52. The number of nitrogens with zero attached hydrogens (tertiary/aromatic N) is 3. The fourth-order valence-corrected chi connectivity index (χ4v) is 4.05. The number of benzene rings is 1. The Bertz CT molecular complexity index is 745. The highest BCUT2D eigenvalue weighted by Gasteiger charge is 2.27. The number of rotatable bonds is 6. The summed E-state index contributed by atoms with van der Waals surface area (Å²) in [7, 11) is 0. The highest BCUT2D eigenvalue weighted by Crippen LogP contribution is 2.28. The van der Waals surface area contributed by atoms with Crippen LogP contribution in [0.15, 0.2) is 48.4 Å². The molecular formula is C17H17N3O2S2. The number of amides is 2. The standard InChI is InChI=1S/C17H17N3O2S2/c1-2-8-20(15(21)11-19-9-10-23-17(19)22)16-18-14(12-24-16)13-6-4-3-5-7-13/h2-7,12H,1,8-11H2. The molecule has 124 valence electrons. The Kier molecular flexibility index (Phi) is 5.32. The smallest absolute Gasteiger partial charge is 0.282 e. The van der Waals surface area contributed by atoms with E-state index in [9.17, 15) is 9.59 Å². The molecule has 0 spiro atoms. The molecule has 0 bridgehead atoms. The maximum atomic E-state index is 12.6. The Balaban J connectivity index is 1.78. The van der Waals surface area contributed by atoms with Crippen molar-refractivity contribution in [2.75, 3.05) is 30.3 Å². The molecule has 1 saturated heterocycles. The number of thioether (sulfide) groups is 1. The van der Waals surface area contributed by atoms with Gasteiger partial charge in [-0.15, -0.1) is 17.9 Å². The average molecular weight is 359 g/mol. The molecule has 2 amide bonds. The van der Waals surface area contributed by atoms with Gasteiger partial charge in [-0.3, -0.25) is 14.5 Å². The molecule has 7 heteroatoms. The number of hydrogen-bond donors (Lipinski definition) is 0. The average Bonchev–Trinajstić information content (AvgIpc) is 3.23. The van der Waals surface area contributed by atoms with Crippen LogP contribution in [0.1, 0.15) is 0 Å². The lowest BCUT2D eigenvalue weighted by Crippen LogP contribution is -2.40. The van der Waals surface area contributed by atoms with Crippen molar-refractivity contribution in [3.63, 3.8) is 0 Å². The molecule has 24 heavy (non-hydrogen) atoms. The second-order valence-corrected chi connectivity index (χ2v) is 7.09. The van der Waals surface area contributed by atoms with E-state index in [0.29, 0.717) is 18.2 Å². The van der Waals surface area contributed by atoms with Gasteiger partial charge in [-0.25, -0.2) is 4.98 Å². The molecule has 2 heterocycles. The number of carbonyl (C=O) groups excluding carboxylic acids is 2. The highest BCUT2D eigenvalue weighted by molar-refractivity contribution is 8.13. The first-order valence-corrected chi connectivity index (χ1v) is 9.39. The van der Waals surface area contributed by atoms with Gasteiger partial charge in [0.1, 0.15) is 6.54 Å². The van der Waals surface area contributed by atoms with Crippen molar-refractivity contribution in [1.29, 1.82) is 0 Å². The Hall–Kier alpha value is -2.12. The molecule has 1 aromatic heterocycles. The van der Waals surface area contributed by atoms with E-state index in [-0.39, 0.29) is 17.7 Å². The summed E-state index contributed by atoms with van der Waals surface area (Å²) in [5.41, 5.74) is 1.85. The van der Waals surface area contributed by atoms with Crippen molar-refractivity contribution in [3.8, 4) is 11.3 Å². The molecule has 3 rings (SSSR count). The second-order valence-electron chi connectivity index (χ2n) is 5.21. The van der Waals surface area contributed by atoms with Crippen LogP contribution >= 0.6 is 23.1 Å². The quantitative estimate of drug-likeness (QED) is 0.741. The first kappa shape index (κ1) is 16.7. The molecule has 1 aromatic carbocycles. The van der Waals surface area contributed by atoms with Crippen LogP contribution in [0, 0.1) is 0 Å². The van der Waals surface area contributed by atoms with Crippen molar-refractivity contribution < 1.29 is 9.59 Å². The predicted octanol–water partition coefficient (Wildman–Crippen LogP) is 3.50. The van der Waals surface area contributed by atoms with Crippen molar-refractivity contribution >= 4 is 39.4 Å². The highest BCUT2D eigenvalue weighted by atomic mass is 32.2. The van der Waals surface area contributed by atoms with Gasteiger partial charge in [-0.1, -0.05) is 48.2 Å². The lowest BCUT2D eigenvalue weighted by molar-refractivity contribution is -0.118. The van der Waals surface area contributed by atoms with E-state index < -0.39 is 0 Å². The van der Waals surface area contributed by atoms with Gasteiger partial charge in [0, 0.05) is 29.8 Å². The third-order valence-electron chi connectivity index (χ3n) is 3.58. The monoisotopic (exact) mass is 359 g/mol. The molecule has 0 aliphatic carbocycles. The van der Waals surface area contributed by atoms with Crippen molar-refractivity contribution in [1.82, 2.24) is 9.88 Å². The van der Waals surface area contributed by atoms with E-state index in [4.69, 9.17) is 0 Å². The van der Waals surface area contributed by atoms with Crippen LogP contribution in [-0.2, 0) is 4.79 Å². The minimum Gasteiger partial charge on any atom is -0.323 e. The number of hydrogen-bond acceptors (Lipinski definition) is 5. The van der Waals surface area contributed by atoms with Gasteiger partial charge < -0.3 is 4.90 Å². The van der Waals surface area contributed by atoms with Gasteiger partial charge >= 0.3 is 0 Å². The van der Waals surface area contributed by atoms with Crippen LogP contribution in [0.2, 0.25) is 0 Å². The van der Waals surface area contributed by atoms with Crippen LogP contribution in [0.5, 0.6) is 0 Å². The predicted molar refractivity (Wildman–Crippen MR) is 99.5 cm³/mol. The Morgan fingerprint density at radius 1 is 1.38 bits per heavy atom. The third kappa shape index (κ3) is 3.68. The zero-order valence-electron chi connectivity index (χ0n) is 13.1. The van der Waals surface area contributed by atoms with E-state index in [1.54, 1.807) is 15.9 Å². The minimum atomic E-state index is -0.139. The first-order valence-electron chi connectivity index (χ1n) is 7.53. The summed E-state index contributed by atoms with van der Waals surface area (Å²) in [4.78, 5) is 32.1. The van der Waals surface area contributed by atoms with Gasteiger partial charge in [0.15, 0.2) is 5.13 Å².